The molecule has 1 amide bonds. The number of amides is 1. The van der Waals surface area contributed by atoms with Crippen LogP contribution in [0.1, 0.15) is 46.1 Å². The molecule has 3 rings (SSSR count). The molecule has 5 nitrogen and oxygen atoms in total. The lowest BCUT2D eigenvalue weighted by Crippen LogP contribution is -2.17. The minimum atomic E-state index is -0.319. The van der Waals surface area contributed by atoms with Gasteiger partial charge in [0.1, 0.15) is 0 Å². The predicted molar refractivity (Wildman–Crippen MR) is 109 cm³/mol. The van der Waals surface area contributed by atoms with Gasteiger partial charge >= 0.3 is 0 Å². The second-order valence-electron chi connectivity index (χ2n) is 6.92. The van der Waals surface area contributed by atoms with Crippen molar-refractivity contribution in [2.24, 2.45) is 0 Å². The number of fused-ring (bicyclic) bond motifs is 1. The Morgan fingerprint density at radius 3 is 2.26 bits per heavy atom. The zero-order chi connectivity index (χ0) is 19.6. The van der Waals surface area contributed by atoms with Gasteiger partial charge in [0.05, 0.1) is 17.6 Å². The molecule has 0 atom stereocenters. The Labute approximate surface area is 159 Å². The molecule has 5 heteroatoms. The molecule has 1 N–H and O–H groups in total. The highest BCUT2D eigenvalue weighted by Gasteiger charge is 2.19. The number of benzene rings is 2. The summed E-state index contributed by atoms with van der Waals surface area (Å²) in [5.41, 5.74) is 6.77. The third-order valence-corrected chi connectivity index (χ3v) is 4.54. The Bertz CT molecular complexity index is 1010. The summed E-state index contributed by atoms with van der Waals surface area (Å²) in [5.74, 6) is -0.0458. The first kappa shape index (κ1) is 18.8. The van der Waals surface area contributed by atoms with Crippen molar-refractivity contribution in [3.05, 3.63) is 58.3 Å². The van der Waals surface area contributed by atoms with E-state index in [0.717, 1.165) is 39.9 Å². The number of anilines is 1. The highest BCUT2D eigenvalue weighted by Crippen LogP contribution is 2.24. The molecule has 1 aromatic heterocycles. The third-order valence-electron chi connectivity index (χ3n) is 4.54. The Morgan fingerprint density at radius 1 is 0.963 bits per heavy atom. The topological polar surface area (TPSA) is 64.1 Å². The molecule has 0 aliphatic rings. The van der Waals surface area contributed by atoms with Crippen molar-refractivity contribution in [2.45, 2.75) is 41.0 Å². The van der Waals surface area contributed by atoms with E-state index in [1.54, 1.807) is 0 Å². The highest BCUT2D eigenvalue weighted by molar-refractivity contribution is 6.05. The van der Waals surface area contributed by atoms with E-state index in [4.69, 9.17) is 4.74 Å². The molecule has 0 saturated heterocycles. The zero-order valence-electron chi connectivity index (χ0n) is 16.5. The number of hydrogen-bond acceptors (Lipinski definition) is 4. The molecule has 0 radical (unpaired) electrons. The Morgan fingerprint density at radius 2 is 1.63 bits per heavy atom. The molecule has 0 spiro atoms. The number of nitrogens with zero attached hydrogens (tertiary/aromatic N) is 2. The molecule has 0 aliphatic carbocycles. The predicted octanol–water partition coefficient (Wildman–Crippen LogP) is 4.90. The summed E-state index contributed by atoms with van der Waals surface area (Å²) >= 11 is 0. The molecule has 140 valence electrons. The van der Waals surface area contributed by atoms with Gasteiger partial charge in [-0.1, -0.05) is 24.6 Å². The maximum Gasteiger partial charge on any atom is 0.279 e. The summed E-state index contributed by atoms with van der Waals surface area (Å²) in [7, 11) is 0. The van der Waals surface area contributed by atoms with Crippen LogP contribution < -0.4 is 10.1 Å². The Kier molecular flexibility index (Phi) is 5.40. The molecule has 0 aliphatic heterocycles. The number of rotatable bonds is 5. The van der Waals surface area contributed by atoms with Crippen LogP contribution in [0.4, 0.5) is 5.69 Å². The lowest BCUT2D eigenvalue weighted by molar-refractivity contribution is 0.101. The molecular weight excluding hydrogens is 338 g/mol. The van der Waals surface area contributed by atoms with Gasteiger partial charge in [-0.05, 0) is 69.0 Å². The summed E-state index contributed by atoms with van der Waals surface area (Å²) in [6.45, 7) is 10.5. The molecule has 3 aromatic rings. The van der Waals surface area contributed by atoms with Gasteiger partial charge in [0.15, 0.2) is 5.69 Å². The maximum absolute atomic E-state index is 12.9. The van der Waals surface area contributed by atoms with Gasteiger partial charge in [-0.25, -0.2) is 9.97 Å². The quantitative estimate of drug-likeness (QED) is 0.700. The van der Waals surface area contributed by atoms with Crippen molar-refractivity contribution in [3.8, 4) is 5.88 Å². The third kappa shape index (κ3) is 4.08. The minimum absolute atomic E-state index is 0.208. The van der Waals surface area contributed by atoms with E-state index >= 15 is 0 Å². The molecule has 2 aromatic carbocycles. The van der Waals surface area contributed by atoms with Crippen LogP contribution in [-0.2, 0) is 0 Å². The van der Waals surface area contributed by atoms with Crippen molar-refractivity contribution in [1.29, 1.82) is 0 Å². The molecule has 0 fully saturated rings. The molecular formula is C22H25N3O2. The summed E-state index contributed by atoms with van der Waals surface area (Å²) in [5, 5.41) is 2.94. The van der Waals surface area contributed by atoms with Crippen molar-refractivity contribution in [1.82, 2.24) is 9.97 Å². The SMILES string of the molecule is CCCOc1nc2cc(C)c(C)cc2nc1C(=O)Nc1ccc(C)cc1C. The molecule has 1 heterocycles. The smallest absolute Gasteiger partial charge is 0.279 e. The fraction of sp³-hybridized carbons (Fsp3) is 0.318. The first-order valence-corrected chi connectivity index (χ1v) is 9.19. The zero-order valence-corrected chi connectivity index (χ0v) is 16.5. The second-order valence-corrected chi connectivity index (χ2v) is 6.92. The Hall–Kier alpha value is -2.95. The lowest BCUT2D eigenvalue weighted by Gasteiger charge is -2.13. The fourth-order valence-electron chi connectivity index (χ4n) is 2.88. The van der Waals surface area contributed by atoms with Crippen molar-refractivity contribution >= 4 is 22.6 Å². The number of aryl methyl sites for hydroxylation is 4. The number of aromatic nitrogens is 2. The monoisotopic (exact) mass is 363 g/mol. The van der Waals surface area contributed by atoms with E-state index in [1.165, 1.54) is 0 Å². The van der Waals surface area contributed by atoms with Crippen molar-refractivity contribution in [2.75, 3.05) is 11.9 Å². The van der Waals surface area contributed by atoms with Crippen LogP contribution in [0.5, 0.6) is 5.88 Å². The van der Waals surface area contributed by atoms with Crippen LogP contribution in [0.25, 0.3) is 11.0 Å². The number of ether oxygens (including phenoxy) is 1. The summed E-state index contributed by atoms with van der Waals surface area (Å²) < 4.78 is 5.74. The van der Waals surface area contributed by atoms with Crippen LogP contribution in [0, 0.1) is 27.7 Å². The highest BCUT2D eigenvalue weighted by atomic mass is 16.5. The van der Waals surface area contributed by atoms with Crippen LogP contribution in [0.3, 0.4) is 0 Å². The minimum Gasteiger partial charge on any atom is -0.476 e. The average molecular weight is 363 g/mol. The molecule has 0 unspecified atom stereocenters. The standard InChI is InChI=1S/C22H25N3O2/c1-6-9-27-22-20(21(26)24-17-8-7-13(2)10-16(17)5)23-18-11-14(3)15(4)12-19(18)25-22/h7-8,10-12H,6,9H2,1-5H3,(H,24,26). The first-order valence-electron chi connectivity index (χ1n) is 9.19. The van der Waals surface area contributed by atoms with Gasteiger partial charge in [0, 0.05) is 5.69 Å². The van der Waals surface area contributed by atoms with E-state index in [-0.39, 0.29) is 17.5 Å². The van der Waals surface area contributed by atoms with Crippen LogP contribution in [-0.4, -0.2) is 22.5 Å². The Balaban J connectivity index is 2.03. The van der Waals surface area contributed by atoms with E-state index in [1.807, 2.05) is 65.0 Å². The van der Waals surface area contributed by atoms with Crippen LogP contribution in [0.15, 0.2) is 30.3 Å². The van der Waals surface area contributed by atoms with Gasteiger partial charge in [-0.15, -0.1) is 0 Å². The van der Waals surface area contributed by atoms with E-state index < -0.39 is 0 Å². The van der Waals surface area contributed by atoms with Gasteiger partial charge in [0.2, 0.25) is 5.88 Å². The van der Waals surface area contributed by atoms with E-state index in [9.17, 15) is 4.79 Å². The van der Waals surface area contributed by atoms with E-state index in [0.29, 0.717) is 12.1 Å². The fourth-order valence-corrected chi connectivity index (χ4v) is 2.88. The van der Waals surface area contributed by atoms with Gasteiger partial charge < -0.3 is 10.1 Å². The van der Waals surface area contributed by atoms with Gasteiger partial charge in [0.25, 0.3) is 5.91 Å². The second kappa shape index (κ2) is 7.74. The summed E-state index contributed by atoms with van der Waals surface area (Å²) in [6, 6.07) is 9.83. The van der Waals surface area contributed by atoms with Crippen LogP contribution in [0.2, 0.25) is 0 Å². The van der Waals surface area contributed by atoms with Gasteiger partial charge in [-0.3, -0.25) is 4.79 Å². The van der Waals surface area contributed by atoms with Crippen molar-refractivity contribution in [3.63, 3.8) is 0 Å². The largest absolute Gasteiger partial charge is 0.476 e. The molecule has 0 saturated carbocycles. The van der Waals surface area contributed by atoms with Crippen LogP contribution >= 0.6 is 0 Å². The number of hydrogen-bond donors (Lipinski definition) is 1. The lowest BCUT2D eigenvalue weighted by atomic mass is 10.1. The molecule has 0 bridgehead atoms. The average Bonchev–Trinajstić information content (AvgIpc) is 2.62. The van der Waals surface area contributed by atoms with Gasteiger partial charge in [-0.2, -0.15) is 0 Å². The molecule has 27 heavy (non-hydrogen) atoms. The number of carbonyl (C=O) groups is 1. The van der Waals surface area contributed by atoms with Crippen molar-refractivity contribution < 1.29 is 9.53 Å². The summed E-state index contributed by atoms with van der Waals surface area (Å²) in [4.78, 5) is 22.1. The normalized spacial score (nSPS) is 10.9. The summed E-state index contributed by atoms with van der Waals surface area (Å²) in [6.07, 6.45) is 0.824. The number of carbonyl (C=O) groups excluding carboxylic acids is 1. The number of nitrogens with one attached hydrogen (secondary N) is 1. The maximum atomic E-state index is 12.9. The first-order chi connectivity index (χ1) is 12.9. The van der Waals surface area contributed by atoms with E-state index in [2.05, 4.69) is 15.3 Å².